The topological polar surface area (TPSA) is 66.9 Å². The maximum absolute atomic E-state index is 13.9. The molecule has 3 aliphatic heterocycles. The first-order valence-corrected chi connectivity index (χ1v) is 12.6. The molecule has 10 heteroatoms. The Morgan fingerprint density at radius 1 is 1.37 bits per heavy atom. The van der Waals surface area contributed by atoms with E-state index in [4.69, 9.17) is 10.8 Å². The number of nitrogens with one attached hydrogen (secondary N) is 1. The van der Waals surface area contributed by atoms with E-state index >= 15 is 0 Å². The molecule has 4 fully saturated rings. The molecule has 4 heterocycles. The number of carbonyl (C=O) groups excluding carboxylic acids is 1. The minimum Gasteiger partial charge on any atom is -0.379 e. The quantitative estimate of drug-likeness (QED) is 0.651. The number of likely N-dealkylation sites (tertiary alicyclic amines) is 1. The maximum atomic E-state index is 13.9. The molecule has 2 bridgehead atoms. The summed E-state index contributed by atoms with van der Waals surface area (Å²) in [7, 11) is -0.0974. The van der Waals surface area contributed by atoms with Crippen LogP contribution >= 0.6 is 0 Å². The number of nitrogens with zero attached hydrogens (tertiary/aromatic N) is 3. The first-order valence-electron chi connectivity index (χ1n) is 13.3. The van der Waals surface area contributed by atoms with Crippen molar-refractivity contribution in [2.24, 2.45) is 5.41 Å². The Morgan fingerprint density at radius 3 is 2.94 bits per heavy atom. The van der Waals surface area contributed by atoms with Gasteiger partial charge in [0.25, 0.3) is 0 Å². The van der Waals surface area contributed by atoms with E-state index in [0.717, 1.165) is 44.6 Å². The predicted molar refractivity (Wildman–Crippen MR) is 124 cm³/mol. The van der Waals surface area contributed by atoms with Gasteiger partial charge < -0.3 is 24.6 Å². The van der Waals surface area contributed by atoms with Gasteiger partial charge in [-0.05, 0) is 50.7 Å². The second-order valence-corrected chi connectivity index (χ2v) is 10.5. The van der Waals surface area contributed by atoms with E-state index in [9.17, 15) is 18.0 Å². The zero-order valence-corrected chi connectivity index (χ0v) is 20.1. The lowest BCUT2D eigenvalue weighted by molar-refractivity contribution is -0.143. The molecule has 0 unspecified atom stereocenters. The molecule has 35 heavy (non-hydrogen) atoms. The Hall–Kier alpha value is -1.91. The molecule has 1 aliphatic carbocycles. The van der Waals surface area contributed by atoms with Crippen molar-refractivity contribution in [3.8, 4) is 0 Å². The van der Waals surface area contributed by atoms with Crippen LogP contribution in [-0.2, 0) is 20.4 Å². The van der Waals surface area contributed by atoms with Crippen LogP contribution in [0, 0.1) is 5.41 Å². The fourth-order valence-electron chi connectivity index (χ4n) is 6.59. The van der Waals surface area contributed by atoms with Gasteiger partial charge in [0.2, 0.25) is 5.91 Å². The largest absolute Gasteiger partial charge is 0.433 e. The highest BCUT2D eigenvalue weighted by Gasteiger charge is 2.52. The van der Waals surface area contributed by atoms with Crippen molar-refractivity contribution < 1.29 is 28.8 Å². The Labute approximate surface area is 205 Å². The van der Waals surface area contributed by atoms with Crippen LogP contribution in [0.3, 0.4) is 0 Å². The number of carbonyl (C=O) groups is 1. The summed E-state index contributed by atoms with van der Waals surface area (Å²) in [5.41, 5.74) is -0.775. The van der Waals surface area contributed by atoms with Crippen molar-refractivity contribution in [1.82, 2.24) is 15.2 Å². The van der Waals surface area contributed by atoms with Gasteiger partial charge in [0.05, 0.1) is 25.5 Å². The van der Waals surface area contributed by atoms with E-state index in [0.29, 0.717) is 32.0 Å². The number of hydrogen-bond donors (Lipinski definition) is 1. The molecular weight excluding hydrogens is 461 g/mol. The molecular formula is C25H35F3N4O3. The summed E-state index contributed by atoms with van der Waals surface area (Å²) in [6.45, 7) is 4.32. The molecule has 5 rings (SSSR count). The van der Waals surface area contributed by atoms with Crippen LogP contribution in [0.5, 0.6) is 0 Å². The Bertz CT molecular complexity index is 951. The van der Waals surface area contributed by atoms with Gasteiger partial charge in [0.1, 0.15) is 5.69 Å². The Balaban J connectivity index is 1.22. The highest BCUT2D eigenvalue weighted by Crippen LogP contribution is 2.46. The molecule has 4 aliphatic rings. The number of hydrogen-bond acceptors (Lipinski definition) is 6. The molecule has 6 atom stereocenters. The van der Waals surface area contributed by atoms with E-state index in [1.54, 1.807) is 6.07 Å². The number of alkyl halides is 3. The van der Waals surface area contributed by atoms with Crippen LogP contribution in [0.1, 0.15) is 52.5 Å². The first kappa shape index (κ1) is 23.5. The molecule has 1 aromatic rings. The van der Waals surface area contributed by atoms with Crippen molar-refractivity contribution in [2.75, 3.05) is 38.3 Å². The Kier molecular flexibility index (Phi) is 6.39. The smallest absolute Gasteiger partial charge is 0.379 e. The third-order valence-electron chi connectivity index (χ3n) is 8.57. The van der Waals surface area contributed by atoms with Gasteiger partial charge in [0, 0.05) is 56.8 Å². The molecule has 1 N–H and O–H groups in total. The molecule has 0 spiro atoms. The summed E-state index contributed by atoms with van der Waals surface area (Å²) in [5.74, 6) is 0.193. The average Bonchev–Trinajstić information content (AvgIpc) is 3.59. The third-order valence-corrected chi connectivity index (χ3v) is 8.57. The van der Waals surface area contributed by atoms with E-state index in [-0.39, 0.29) is 43.3 Å². The van der Waals surface area contributed by atoms with Crippen LogP contribution in [0.2, 0.25) is 0 Å². The van der Waals surface area contributed by atoms with Gasteiger partial charge in [-0.3, -0.25) is 9.78 Å². The van der Waals surface area contributed by atoms with Gasteiger partial charge >= 0.3 is 6.18 Å². The van der Waals surface area contributed by atoms with Crippen LogP contribution in [-0.4, -0.2) is 79.5 Å². The summed E-state index contributed by atoms with van der Waals surface area (Å²) < 4.78 is 57.9. The number of piperazine rings is 1. The minimum atomic E-state index is -4.48. The molecule has 194 valence electrons. The lowest BCUT2D eigenvalue weighted by atomic mass is 9.81. The summed E-state index contributed by atoms with van der Waals surface area (Å²) in [6, 6.07) is 3.11. The number of ether oxygens (including phenoxy) is 2. The van der Waals surface area contributed by atoms with Crippen LogP contribution in [0.4, 0.5) is 18.9 Å². The van der Waals surface area contributed by atoms with Crippen molar-refractivity contribution in [1.29, 1.82) is 0 Å². The van der Waals surface area contributed by atoms with Gasteiger partial charge in [-0.25, -0.2) is 0 Å². The maximum Gasteiger partial charge on any atom is 0.433 e. The van der Waals surface area contributed by atoms with E-state index < -0.39 is 17.3 Å². The third kappa shape index (κ3) is 4.64. The molecule has 1 aromatic heterocycles. The summed E-state index contributed by atoms with van der Waals surface area (Å²) in [6.07, 6.45) is 1.47. The lowest BCUT2D eigenvalue weighted by Crippen LogP contribution is -2.54. The normalized spacial score (nSPS) is 35.5. The van der Waals surface area contributed by atoms with Gasteiger partial charge in [-0.15, -0.1) is 0 Å². The molecule has 7 nitrogen and oxygen atoms in total. The predicted octanol–water partition coefficient (Wildman–Crippen LogP) is 3.23. The van der Waals surface area contributed by atoms with Crippen LogP contribution < -0.4 is 10.2 Å². The molecule has 1 amide bonds. The average molecular weight is 498 g/mol. The van der Waals surface area contributed by atoms with Crippen LogP contribution in [0.15, 0.2) is 18.3 Å². The van der Waals surface area contributed by atoms with Gasteiger partial charge in [0.15, 0.2) is 0 Å². The number of aromatic nitrogens is 1. The second-order valence-electron chi connectivity index (χ2n) is 10.5. The highest BCUT2D eigenvalue weighted by molar-refractivity contribution is 5.84. The lowest BCUT2D eigenvalue weighted by Gasteiger charge is -2.40. The molecule has 0 aromatic carbocycles. The number of methoxy groups -OCH3 is 1. The number of halogens is 3. The van der Waals surface area contributed by atoms with Crippen molar-refractivity contribution >= 4 is 11.6 Å². The zero-order chi connectivity index (χ0) is 25.5. The standard InChI is InChI=1S/C25H35F3N4O3/c1-3-24(7-4-16(12-24)30-20-6-9-35-15-21(20)34-2)23(33)32-14-18-10-19(32)13-31(18)17-5-8-29-22(11-17)25(26,27)28/h5,8,11,16,18-21,30H,3-4,6-7,9-10,12-15H2,1-2H3/t16-,18+,19+,20+,21-,24+/m1/s1/i2D. The first-order chi connectivity index (χ1) is 17.2. The second kappa shape index (κ2) is 9.52. The van der Waals surface area contributed by atoms with E-state index in [2.05, 4.69) is 17.2 Å². The van der Waals surface area contributed by atoms with E-state index in [1.807, 2.05) is 9.80 Å². The van der Waals surface area contributed by atoms with Gasteiger partial charge in [-0.1, -0.05) is 6.92 Å². The zero-order valence-electron chi connectivity index (χ0n) is 21.1. The summed E-state index contributed by atoms with van der Waals surface area (Å²) in [5, 5.41) is 3.70. The summed E-state index contributed by atoms with van der Waals surface area (Å²) in [4.78, 5) is 21.4. The number of pyridine rings is 1. The van der Waals surface area contributed by atoms with Gasteiger partial charge in [-0.2, -0.15) is 13.2 Å². The van der Waals surface area contributed by atoms with Crippen molar-refractivity contribution in [3.63, 3.8) is 0 Å². The van der Waals surface area contributed by atoms with E-state index in [1.165, 1.54) is 6.20 Å². The fourth-order valence-corrected chi connectivity index (χ4v) is 6.59. The number of rotatable bonds is 6. The Morgan fingerprint density at radius 2 is 2.23 bits per heavy atom. The van der Waals surface area contributed by atoms with Crippen molar-refractivity contribution in [3.05, 3.63) is 24.0 Å². The van der Waals surface area contributed by atoms with Crippen molar-refractivity contribution in [2.45, 2.75) is 81.9 Å². The highest BCUT2D eigenvalue weighted by atomic mass is 19.4. The SMILES string of the molecule is [2H]CO[C@@H]1COCC[C@@H]1N[C@@H]1CC[C@](CC)(C(=O)N2C[C@@H]3C[C@H]2CN3c2ccnc(C(F)(F)F)c2)C1. The monoisotopic (exact) mass is 497 g/mol. The molecule has 3 saturated heterocycles. The number of amides is 1. The number of anilines is 1. The fraction of sp³-hybridized carbons (Fsp3) is 0.760. The minimum absolute atomic E-state index is 0.0192. The number of fused-ring (bicyclic) bond motifs is 2. The molecule has 1 saturated carbocycles. The summed E-state index contributed by atoms with van der Waals surface area (Å²) >= 11 is 0. The van der Waals surface area contributed by atoms with Crippen LogP contribution in [0.25, 0.3) is 0 Å². The molecule has 0 radical (unpaired) electrons.